The van der Waals surface area contributed by atoms with Crippen molar-refractivity contribution < 1.29 is 19.0 Å². The van der Waals surface area contributed by atoms with E-state index < -0.39 is 0 Å². The molecule has 2 aromatic rings. The fourth-order valence-corrected chi connectivity index (χ4v) is 4.34. The molecule has 0 aromatic carbocycles. The third kappa shape index (κ3) is 2.91. The molecular weight excluding hydrogens is 362 g/mol. The molecule has 1 amide bonds. The number of nitrogens with zero attached hydrogens (tertiary/aromatic N) is 3. The van der Waals surface area contributed by atoms with Crippen LogP contribution in [0, 0.1) is 5.41 Å². The van der Waals surface area contributed by atoms with Crippen molar-refractivity contribution in [3.63, 3.8) is 0 Å². The third-order valence-electron chi connectivity index (χ3n) is 5.95. The molecule has 3 aliphatic carbocycles. The molecule has 0 radical (unpaired) electrons. The molecule has 4 fully saturated rings. The number of ether oxygens (including phenoxy) is 3. The number of amides is 1. The second-order valence-corrected chi connectivity index (χ2v) is 7.82. The second kappa shape index (κ2) is 6.46. The van der Waals surface area contributed by atoms with Gasteiger partial charge in [0, 0.05) is 32.5 Å². The molecule has 148 valence electrons. The number of methoxy groups -OCH3 is 1. The van der Waals surface area contributed by atoms with Gasteiger partial charge in [0.25, 0.3) is 0 Å². The van der Waals surface area contributed by atoms with E-state index in [1.54, 1.807) is 31.8 Å². The van der Waals surface area contributed by atoms with Crippen molar-refractivity contribution in [3.05, 3.63) is 24.7 Å². The molecule has 2 N–H and O–H groups in total. The largest absolute Gasteiger partial charge is 0.438 e. The van der Waals surface area contributed by atoms with Gasteiger partial charge in [-0.25, -0.2) is 9.97 Å². The number of morpholine rings is 1. The van der Waals surface area contributed by atoms with E-state index in [0.717, 1.165) is 32.4 Å². The predicted octanol–water partition coefficient (Wildman–Crippen LogP) is 1.94. The quantitative estimate of drug-likeness (QED) is 0.783. The van der Waals surface area contributed by atoms with E-state index >= 15 is 0 Å². The number of carbonyl (C=O) groups excluding carboxylic acids is 1. The van der Waals surface area contributed by atoms with Gasteiger partial charge in [-0.2, -0.15) is 0 Å². The molecule has 0 spiro atoms. The highest BCUT2D eigenvalue weighted by molar-refractivity contribution is 5.98. The van der Waals surface area contributed by atoms with Gasteiger partial charge in [-0.05, 0) is 19.3 Å². The normalized spacial score (nSPS) is 28.2. The summed E-state index contributed by atoms with van der Waals surface area (Å²) in [5.74, 6) is 1.76. The fourth-order valence-electron chi connectivity index (χ4n) is 4.34. The van der Waals surface area contributed by atoms with Crippen LogP contribution in [0.4, 0.5) is 11.6 Å². The van der Waals surface area contributed by atoms with E-state index in [4.69, 9.17) is 14.2 Å². The van der Waals surface area contributed by atoms with Gasteiger partial charge in [0.1, 0.15) is 0 Å². The summed E-state index contributed by atoms with van der Waals surface area (Å²) in [6.07, 6.45) is 7.42. The minimum absolute atomic E-state index is 0.0445. The van der Waals surface area contributed by atoms with Crippen LogP contribution < -0.4 is 15.0 Å². The van der Waals surface area contributed by atoms with Crippen LogP contribution in [0.5, 0.6) is 11.6 Å². The summed E-state index contributed by atoms with van der Waals surface area (Å²) in [6, 6.07) is 1.76. The van der Waals surface area contributed by atoms with Crippen LogP contribution in [0.1, 0.15) is 19.3 Å². The predicted molar refractivity (Wildman–Crippen MR) is 101 cm³/mol. The van der Waals surface area contributed by atoms with Gasteiger partial charge < -0.3 is 29.4 Å². The molecule has 28 heavy (non-hydrogen) atoms. The topological polar surface area (TPSA) is 102 Å². The summed E-state index contributed by atoms with van der Waals surface area (Å²) in [4.78, 5) is 26.3. The van der Waals surface area contributed by atoms with E-state index in [-0.39, 0.29) is 16.9 Å². The van der Waals surface area contributed by atoms with Crippen molar-refractivity contribution in [2.75, 3.05) is 43.6 Å². The Morgan fingerprint density at radius 1 is 1.25 bits per heavy atom. The molecule has 1 aliphatic heterocycles. The zero-order valence-electron chi connectivity index (χ0n) is 15.7. The molecule has 9 nitrogen and oxygen atoms in total. The van der Waals surface area contributed by atoms with Crippen molar-refractivity contribution in [3.8, 4) is 11.6 Å². The first-order valence-corrected chi connectivity index (χ1v) is 9.48. The lowest BCUT2D eigenvalue weighted by atomic mass is 9.40. The van der Waals surface area contributed by atoms with Crippen molar-refractivity contribution in [1.82, 2.24) is 15.0 Å². The summed E-state index contributed by atoms with van der Waals surface area (Å²) in [7, 11) is 1.72. The van der Waals surface area contributed by atoms with Crippen molar-refractivity contribution >= 4 is 17.5 Å². The molecular formula is C19H23N5O4. The number of rotatable bonds is 6. The van der Waals surface area contributed by atoms with Crippen molar-refractivity contribution in [2.24, 2.45) is 5.41 Å². The summed E-state index contributed by atoms with van der Waals surface area (Å²) < 4.78 is 16.5. The summed E-state index contributed by atoms with van der Waals surface area (Å²) >= 11 is 0. The summed E-state index contributed by atoms with van der Waals surface area (Å²) in [5.41, 5.74) is 0.385. The molecule has 3 heterocycles. The fraction of sp³-hybridized carbons (Fsp3) is 0.526. The van der Waals surface area contributed by atoms with E-state index in [0.29, 0.717) is 36.5 Å². The van der Waals surface area contributed by atoms with E-state index in [9.17, 15) is 4.79 Å². The van der Waals surface area contributed by atoms with E-state index in [2.05, 4.69) is 25.2 Å². The summed E-state index contributed by atoms with van der Waals surface area (Å²) in [5, 5.41) is 2.97. The zero-order valence-corrected chi connectivity index (χ0v) is 15.7. The molecule has 2 aromatic heterocycles. The second-order valence-electron chi connectivity index (χ2n) is 7.82. The number of anilines is 2. The maximum atomic E-state index is 12.5. The standard InChI is InChI=1S/C19H23N5O4/c1-26-19-10-18(11-19,12-19)16(25)23-13-6-15(20-7-13)28-14-8-21-17(22-9-14)24-2-4-27-5-3-24/h6-9,20H,2-5,10-12H2,1H3,(H,23,25). The van der Waals surface area contributed by atoms with Gasteiger partial charge in [-0.3, -0.25) is 4.79 Å². The number of H-pyrrole nitrogens is 1. The Kier molecular flexibility index (Phi) is 4.02. The van der Waals surface area contributed by atoms with Gasteiger partial charge in [-0.15, -0.1) is 0 Å². The summed E-state index contributed by atoms with van der Waals surface area (Å²) in [6.45, 7) is 2.94. The Morgan fingerprint density at radius 2 is 1.96 bits per heavy atom. The van der Waals surface area contributed by atoms with Crippen LogP contribution >= 0.6 is 0 Å². The molecule has 9 heteroatoms. The van der Waals surface area contributed by atoms with Crippen LogP contribution in [0.3, 0.4) is 0 Å². The molecule has 0 unspecified atom stereocenters. The number of nitrogens with one attached hydrogen (secondary N) is 2. The van der Waals surface area contributed by atoms with Gasteiger partial charge in [0.05, 0.1) is 42.3 Å². The highest BCUT2D eigenvalue weighted by Crippen LogP contribution is 2.69. The van der Waals surface area contributed by atoms with Crippen LogP contribution in [0.15, 0.2) is 24.7 Å². The highest BCUT2D eigenvalue weighted by atomic mass is 16.5. The maximum Gasteiger partial charge on any atom is 0.230 e. The average Bonchev–Trinajstić information content (AvgIpc) is 3.08. The molecule has 1 saturated heterocycles. The van der Waals surface area contributed by atoms with Crippen molar-refractivity contribution in [2.45, 2.75) is 24.9 Å². The van der Waals surface area contributed by atoms with E-state index in [1.807, 2.05) is 0 Å². The number of hydrogen-bond donors (Lipinski definition) is 2. The molecule has 4 aliphatic rings. The smallest absolute Gasteiger partial charge is 0.230 e. The Balaban J connectivity index is 1.17. The maximum absolute atomic E-state index is 12.5. The Bertz CT molecular complexity index is 855. The SMILES string of the molecule is COC12CC(C(=O)Nc3c[nH]c(Oc4cnc(N5CCOCC5)nc4)c3)(C1)C2. The Morgan fingerprint density at radius 3 is 2.64 bits per heavy atom. The van der Waals surface area contributed by atoms with Gasteiger partial charge >= 0.3 is 0 Å². The molecule has 6 rings (SSSR count). The van der Waals surface area contributed by atoms with Gasteiger partial charge in [0.15, 0.2) is 11.6 Å². The Labute approximate surface area is 162 Å². The number of aromatic nitrogens is 3. The number of aromatic amines is 1. The first kappa shape index (κ1) is 17.4. The highest BCUT2D eigenvalue weighted by Gasteiger charge is 2.72. The van der Waals surface area contributed by atoms with Crippen molar-refractivity contribution in [1.29, 1.82) is 0 Å². The minimum Gasteiger partial charge on any atom is -0.438 e. The van der Waals surface area contributed by atoms with E-state index in [1.165, 1.54) is 0 Å². The molecule has 2 bridgehead atoms. The average molecular weight is 385 g/mol. The van der Waals surface area contributed by atoms with Crippen LogP contribution in [0.25, 0.3) is 0 Å². The molecule has 0 atom stereocenters. The number of hydrogen-bond acceptors (Lipinski definition) is 7. The Hall–Kier alpha value is -2.65. The first-order chi connectivity index (χ1) is 13.6. The lowest BCUT2D eigenvalue weighted by Gasteiger charge is -2.67. The lowest BCUT2D eigenvalue weighted by Crippen LogP contribution is -2.72. The van der Waals surface area contributed by atoms with Crippen LogP contribution in [-0.2, 0) is 14.3 Å². The van der Waals surface area contributed by atoms with Gasteiger partial charge in [-0.1, -0.05) is 0 Å². The van der Waals surface area contributed by atoms with Gasteiger partial charge in [0.2, 0.25) is 11.9 Å². The lowest BCUT2D eigenvalue weighted by molar-refractivity contribution is -0.260. The number of carbonyl (C=O) groups is 1. The first-order valence-electron chi connectivity index (χ1n) is 9.48. The zero-order chi connectivity index (χ0) is 19.2. The minimum atomic E-state index is -0.253. The van der Waals surface area contributed by atoms with Crippen LogP contribution in [-0.4, -0.2) is 59.9 Å². The third-order valence-corrected chi connectivity index (χ3v) is 5.95. The van der Waals surface area contributed by atoms with Crippen LogP contribution in [0.2, 0.25) is 0 Å². The molecule has 3 saturated carbocycles. The monoisotopic (exact) mass is 385 g/mol.